The van der Waals surface area contributed by atoms with Crippen LogP contribution >= 0.6 is 27.5 Å². The average molecular weight is 354 g/mol. The van der Waals surface area contributed by atoms with Gasteiger partial charge in [0.2, 0.25) is 0 Å². The van der Waals surface area contributed by atoms with Gasteiger partial charge in [-0.05, 0) is 48.4 Å². The van der Waals surface area contributed by atoms with E-state index in [1.807, 2.05) is 31.2 Å². The number of hydrogen-bond donors (Lipinski definition) is 1. The van der Waals surface area contributed by atoms with E-state index >= 15 is 0 Å². The molecular weight excluding hydrogens is 340 g/mol. The number of aliphatic hydroxyl groups excluding tert-OH is 1. The summed E-state index contributed by atoms with van der Waals surface area (Å²) in [7, 11) is 0. The van der Waals surface area contributed by atoms with E-state index in [1.54, 1.807) is 12.1 Å². The van der Waals surface area contributed by atoms with Crippen molar-refractivity contribution in [2.24, 2.45) is 0 Å². The Morgan fingerprint density at radius 2 is 2.10 bits per heavy atom. The van der Waals surface area contributed by atoms with E-state index in [0.717, 1.165) is 33.3 Å². The lowest BCUT2D eigenvalue weighted by molar-refractivity contribution is 0.219. The molecule has 1 aliphatic rings. The molecule has 2 atom stereocenters. The molecule has 2 aromatic carbocycles. The third-order valence-electron chi connectivity index (χ3n) is 3.49. The summed E-state index contributed by atoms with van der Waals surface area (Å²) in [4.78, 5) is 0. The van der Waals surface area contributed by atoms with Crippen LogP contribution in [0.2, 0.25) is 5.02 Å². The summed E-state index contributed by atoms with van der Waals surface area (Å²) in [5.74, 6) is 0.915. The van der Waals surface area contributed by atoms with Gasteiger partial charge in [0.25, 0.3) is 0 Å². The molecular formula is C16H14BrClO2. The molecule has 4 heteroatoms. The normalized spacial score (nSPS) is 18.5. The first-order valence-corrected chi connectivity index (χ1v) is 7.64. The number of halogens is 2. The van der Waals surface area contributed by atoms with Crippen molar-refractivity contribution >= 4 is 27.5 Å². The Morgan fingerprint density at radius 3 is 2.90 bits per heavy atom. The highest BCUT2D eigenvalue weighted by Gasteiger charge is 2.21. The molecule has 0 bridgehead atoms. The van der Waals surface area contributed by atoms with Crippen molar-refractivity contribution in [1.29, 1.82) is 0 Å². The standard InChI is InChI=1S/C16H14BrClO2/c1-9-6-11-7-10(2-5-15(11)20-9)16(19)13-8-12(18)3-4-14(13)17/h2-5,7-9,16,19H,6H2,1H3. The number of hydrogen-bond acceptors (Lipinski definition) is 2. The molecule has 0 radical (unpaired) electrons. The van der Waals surface area contributed by atoms with Crippen LogP contribution in [0.25, 0.3) is 0 Å². The summed E-state index contributed by atoms with van der Waals surface area (Å²) < 4.78 is 6.52. The predicted octanol–water partition coefficient (Wildman–Crippen LogP) is 4.51. The van der Waals surface area contributed by atoms with Crippen molar-refractivity contribution in [3.8, 4) is 5.75 Å². The van der Waals surface area contributed by atoms with Gasteiger partial charge in [0, 0.05) is 21.5 Å². The third-order valence-corrected chi connectivity index (χ3v) is 4.45. The molecule has 0 saturated carbocycles. The predicted molar refractivity (Wildman–Crippen MR) is 83.4 cm³/mol. The molecule has 3 rings (SSSR count). The first-order valence-electron chi connectivity index (χ1n) is 6.47. The lowest BCUT2D eigenvalue weighted by Gasteiger charge is -2.14. The fraction of sp³-hybridized carbons (Fsp3) is 0.250. The zero-order valence-corrected chi connectivity index (χ0v) is 13.3. The van der Waals surface area contributed by atoms with E-state index in [1.165, 1.54) is 0 Å². The van der Waals surface area contributed by atoms with Crippen LogP contribution in [-0.2, 0) is 6.42 Å². The molecule has 0 saturated heterocycles. The van der Waals surface area contributed by atoms with E-state index in [9.17, 15) is 5.11 Å². The summed E-state index contributed by atoms with van der Waals surface area (Å²) in [5, 5.41) is 11.2. The second-order valence-electron chi connectivity index (χ2n) is 5.07. The van der Waals surface area contributed by atoms with Gasteiger partial charge in [0.15, 0.2) is 0 Å². The SMILES string of the molecule is CC1Cc2cc(C(O)c3cc(Cl)ccc3Br)ccc2O1. The lowest BCUT2D eigenvalue weighted by atomic mass is 9.98. The van der Waals surface area contributed by atoms with Crippen molar-refractivity contribution < 1.29 is 9.84 Å². The first-order chi connectivity index (χ1) is 9.54. The van der Waals surface area contributed by atoms with E-state index in [-0.39, 0.29) is 6.10 Å². The van der Waals surface area contributed by atoms with Crippen LogP contribution in [0.4, 0.5) is 0 Å². The van der Waals surface area contributed by atoms with Crippen molar-refractivity contribution in [2.75, 3.05) is 0 Å². The van der Waals surface area contributed by atoms with Gasteiger partial charge >= 0.3 is 0 Å². The lowest BCUT2D eigenvalue weighted by Crippen LogP contribution is -2.05. The maximum Gasteiger partial charge on any atom is 0.123 e. The molecule has 1 heterocycles. The fourth-order valence-corrected chi connectivity index (χ4v) is 3.16. The largest absolute Gasteiger partial charge is 0.490 e. The highest BCUT2D eigenvalue weighted by Crippen LogP contribution is 2.35. The Kier molecular flexibility index (Phi) is 3.76. The van der Waals surface area contributed by atoms with E-state index in [2.05, 4.69) is 15.9 Å². The molecule has 1 aliphatic heterocycles. The number of benzene rings is 2. The monoisotopic (exact) mass is 352 g/mol. The van der Waals surface area contributed by atoms with Crippen molar-refractivity contribution in [3.63, 3.8) is 0 Å². The van der Waals surface area contributed by atoms with Crippen LogP contribution in [0, 0.1) is 0 Å². The van der Waals surface area contributed by atoms with E-state index in [4.69, 9.17) is 16.3 Å². The number of fused-ring (bicyclic) bond motifs is 1. The van der Waals surface area contributed by atoms with Crippen LogP contribution in [0.5, 0.6) is 5.75 Å². The quantitative estimate of drug-likeness (QED) is 0.861. The molecule has 2 nitrogen and oxygen atoms in total. The molecule has 104 valence electrons. The average Bonchev–Trinajstić information content (AvgIpc) is 2.79. The summed E-state index contributed by atoms with van der Waals surface area (Å²) in [6.45, 7) is 2.05. The van der Waals surface area contributed by atoms with Crippen LogP contribution in [0.1, 0.15) is 29.7 Å². The molecule has 2 unspecified atom stereocenters. The van der Waals surface area contributed by atoms with E-state index in [0.29, 0.717) is 5.02 Å². The number of aliphatic hydroxyl groups is 1. The zero-order chi connectivity index (χ0) is 14.3. The van der Waals surface area contributed by atoms with Crippen LogP contribution in [0.15, 0.2) is 40.9 Å². The van der Waals surface area contributed by atoms with E-state index < -0.39 is 6.10 Å². The maximum absolute atomic E-state index is 10.6. The maximum atomic E-state index is 10.6. The summed E-state index contributed by atoms with van der Waals surface area (Å²) in [6, 6.07) is 11.3. The molecule has 0 aliphatic carbocycles. The van der Waals surface area contributed by atoms with Gasteiger partial charge in [0.1, 0.15) is 18.0 Å². The Balaban J connectivity index is 1.97. The molecule has 0 amide bonds. The van der Waals surface area contributed by atoms with Gasteiger partial charge < -0.3 is 9.84 Å². The molecule has 0 spiro atoms. The van der Waals surface area contributed by atoms with Crippen molar-refractivity contribution in [1.82, 2.24) is 0 Å². The third kappa shape index (κ3) is 2.58. The smallest absolute Gasteiger partial charge is 0.123 e. The Hall–Kier alpha value is -1.03. The fourth-order valence-electron chi connectivity index (χ4n) is 2.52. The minimum atomic E-state index is -0.704. The highest BCUT2D eigenvalue weighted by atomic mass is 79.9. The van der Waals surface area contributed by atoms with Crippen LogP contribution < -0.4 is 4.74 Å². The molecule has 0 fully saturated rings. The van der Waals surface area contributed by atoms with Crippen molar-refractivity contribution in [2.45, 2.75) is 25.6 Å². The van der Waals surface area contributed by atoms with Crippen LogP contribution in [-0.4, -0.2) is 11.2 Å². The van der Waals surface area contributed by atoms with Gasteiger partial charge in [-0.25, -0.2) is 0 Å². The van der Waals surface area contributed by atoms with Gasteiger partial charge in [-0.2, -0.15) is 0 Å². The van der Waals surface area contributed by atoms with Crippen molar-refractivity contribution in [3.05, 3.63) is 62.6 Å². The summed E-state index contributed by atoms with van der Waals surface area (Å²) >= 11 is 9.47. The topological polar surface area (TPSA) is 29.5 Å². The Labute approximate surface area is 131 Å². The van der Waals surface area contributed by atoms with Gasteiger partial charge in [-0.15, -0.1) is 0 Å². The minimum Gasteiger partial charge on any atom is -0.490 e. The second-order valence-corrected chi connectivity index (χ2v) is 6.36. The molecule has 20 heavy (non-hydrogen) atoms. The summed E-state index contributed by atoms with van der Waals surface area (Å²) in [6.07, 6.45) is 0.381. The Bertz CT molecular complexity index is 657. The second kappa shape index (κ2) is 5.40. The Morgan fingerprint density at radius 1 is 1.30 bits per heavy atom. The summed E-state index contributed by atoms with van der Waals surface area (Å²) in [5.41, 5.74) is 2.76. The number of rotatable bonds is 2. The zero-order valence-electron chi connectivity index (χ0n) is 10.9. The minimum absolute atomic E-state index is 0.204. The van der Waals surface area contributed by atoms with Gasteiger partial charge in [0.05, 0.1) is 0 Å². The van der Waals surface area contributed by atoms with Gasteiger partial charge in [-0.3, -0.25) is 0 Å². The molecule has 0 aromatic heterocycles. The van der Waals surface area contributed by atoms with Gasteiger partial charge in [-0.1, -0.05) is 33.6 Å². The highest BCUT2D eigenvalue weighted by molar-refractivity contribution is 9.10. The molecule has 2 aromatic rings. The van der Waals surface area contributed by atoms with Crippen LogP contribution in [0.3, 0.4) is 0 Å². The molecule has 1 N–H and O–H groups in total. The first kappa shape index (κ1) is 13.9. The number of ether oxygens (including phenoxy) is 1.